The zero-order chi connectivity index (χ0) is 45.5. The van der Waals surface area contributed by atoms with Crippen LogP contribution in [0.2, 0.25) is 0 Å². The van der Waals surface area contributed by atoms with E-state index in [1.54, 1.807) is 12.1 Å². The number of anilines is 4. The van der Waals surface area contributed by atoms with Gasteiger partial charge >= 0.3 is 0 Å². The molecule has 0 aliphatic rings. The molecule has 0 unspecified atom stereocenters. The number of nitrogens with one attached hydrogen (secondary N) is 4. The van der Waals surface area contributed by atoms with Gasteiger partial charge in [-0.15, -0.1) is 0 Å². The first-order valence-corrected chi connectivity index (χ1v) is 22.8. The Balaban J connectivity index is 0.930. The Morgan fingerprint density at radius 1 is 0.344 bits per heavy atom. The van der Waals surface area contributed by atoms with Gasteiger partial charge in [-0.25, -0.2) is 0 Å². The molecule has 0 fully saturated rings. The number of benzene rings is 4. The first-order valence-electron chi connectivity index (χ1n) is 22.8. The van der Waals surface area contributed by atoms with Gasteiger partial charge in [0.25, 0.3) is 0 Å². The summed E-state index contributed by atoms with van der Waals surface area (Å²) >= 11 is 0. The van der Waals surface area contributed by atoms with Crippen LogP contribution in [0.3, 0.4) is 0 Å². The normalized spacial score (nSPS) is 9.97. The predicted molar refractivity (Wildman–Crippen MR) is 262 cm³/mol. The van der Waals surface area contributed by atoms with Gasteiger partial charge in [0.05, 0.1) is 0 Å². The van der Waals surface area contributed by atoms with Gasteiger partial charge in [0.1, 0.15) is 0 Å². The maximum atomic E-state index is 12.5. The molecule has 0 bridgehead atoms. The van der Waals surface area contributed by atoms with Gasteiger partial charge < -0.3 is 21.3 Å². The highest BCUT2D eigenvalue weighted by Crippen LogP contribution is 2.17. The van der Waals surface area contributed by atoms with E-state index in [4.69, 9.17) is 0 Å². The minimum absolute atomic E-state index is 0.0281. The summed E-state index contributed by atoms with van der Waals surface area (Å²) in [6.07, 6.45) is 20.1. The van der Waals surface area contributed by atoms with E-state index < -0.39 is 0 Å². The van der Waals surface area contributed by atoms with E-state index in [-0.39, 0.29) is 23.6 Å². The number of carbonyl (C=O) groups is 4. The van der Waals surface area contributed by atoms with Crippen LogP contribution in [-0.4, -0.2) is 23.6 Å². The Hall–Kier alpha value is -7.00. The number of rotatable bonds is 23. The van der Waals surface area contributed by atoms with Crippen molar-refractivity contribution in [2.24, 2.45) is 0 Å². The van der Waals surface area contributed by atoms with Gasteiger partial charge in [0.15, 0.2) is 0 Å². The summed E-state index contributed by atoms with van der Waals surface area (Å²) in [5, 5.41) is 11.5. The van der Waals surface area contributed by atoms with Crippen LogP contribution in [0, 0.1) is 47.4 Å². The van der Waals surface area contributed by atoms with Crippen LogP contribution in [0.4, 0.5) is 22.7 Å². The Kier molecular flexibility index (Phi) is 23.4. The van der Waals surface area contributed by atoms with Gasteiger partial charge in [-0.1, -0.05) is 138 Å². The molecule has 0 aromatic heterocycles. The third kappa shape index (κ3) is 22.7. The highest BCUT2D eigenvalue weighted by atomic mass is 16.2. The maximum Gasteiger partial charge on any atom is 0.224 e. The number of carbonyl (C=O) groups excluding carboxylic acids is 4. The zero-order valence-corrected chi connectivity index (χ0v) is 37.6. The molecular formula is C56H62N4O4. The molecule has 0 radical (unpaired) electrons. The van der Waals surface area contributed by atoms with Gasteiger partial charge in [-0.3, -0.25) is 19.2 Å². The Morgan fingerprint density at radius 2 is 0.578 bits per heavy atom. The van der Waals surface area contributed by atoms with E-state index in [0.717, 1.165) is 59.3 Å². The molecule has 64 heavy (non-hydrogen) atoms. The lowest BCUT2D eigenvalue weighted by Crippen LogP contribution is -2.11. The van der Waals surface area contributed by atoms with Gasteiger partial charge in [-0.05, 0) is 109 Å². The largest absolute Gasteiger partial charge is 0.326 e. The van der Waals surface area contributed by atoms with Gasteiger partial charge in [-0.2, -0.15) is 0 Å². The number of unbranched alkanes of at least 4 members (excludes halogenated alkanes) is 15. The van der Waals surface area contributed by atoms with Crippen LogP contribution in [-0.2, 0) is 19.2 Å². The summed E-state index contributed by atoms with van der Waals surface area (Å²) in [4.78, 5) is 47.6. The molecule has 0 saturated carbocycles. The van der Waals surface area contributed by atoms with Crippen molar-refractivity contribution in [3.63, 3.8) is 0 Å². The summed E-state index contributed by atoms with van der Waals surface area (Å²) < 4.78 is 0. The molecule has 0 aliphatic carbocycles. The van der Waals surface area contributed by atoms with Crippen molar-refractivity contribution in [3.8, 4) is 47.4 Å². The van der Waals surface area contributed by atoms with Crippen LogP contribution >= 0.6 is 0 Å². The topological polar surface area (TPSA) is 116 Å². The minimum atomic E-state index is -0.130. The molecular weight excluding hydrogens is 793 g/mol. The summed E-state index contributed by atoms with van der Waals surface area (Å²) in [6, 6.07) is 29.6. The number of hydrogen-bond acceptors (Lipinski definition) is 4. The van der Waals surface area contributed by atoms with Crippen LogP contribution in [0.1, 0.15) is 152 Å². The first kappa shape index (κ1) is 49.7. The van der Waals surface area contributed by atoms with E-state index in [2.05, 4.69) is 68.6 Å². The fourth-order valence-corrected chi connectivity index (χ4v) is 7.01. The lowest BCUT2D eigenvalue weighted by molar-refractivity contribution is -0.117. The predicted octanol–water partition coefficient (Wildman–Crippen LogP) is 12.0. The summed E-state index contributed by atoms with van der Waals surface area (Å²) in [6.45, 7) is 2.94. The van der Waals surface area contributed by atoms with Gasteiger partial charge in [0.2, 0.25) is 23.6 Å². The van der Waals surface area contributed by atoms with Crippen LogP contribution < -0.4 is 21.3 Å². The molecule has 0 saturated heterocycles. The molecule has 4 amide bonds. The average Bonchev–Trinajstić information content (AvgIpc) is 3.26. The first-order chi connectivity index (χ1) is 31.2. The van der Waals surface area contributed by atoms with E-state index in [1.165, 1.54) is 90.9 Å². The van der Waals surface area contributed by atoms with Crippen molar-refractivity contribution >= 4 is 46.4 Å². The molecule has 8 heteroatoms. The molecule has 4 rings (SSSR count). The lowest BCUT2D eigenvalue weighted by Gasteiger charge is -2.06. The van der Waals surface area contributed by atoms with Crippen LogP contribution in [0.5, 0.6) is 0 Å². The van der Waals surface area contributed by atoms with Crippen molar-refractivity contribution in [1.29, 1.82) is 0 Å². The maximum absolute atomic E-state index is 12.5. The molecule has 0 spiro atoms. The lowest BCUT2D eigenvalue weighted by atomic mass is 10.0. The van der Waals surface area contributed by atoms with Crippen molar-refractivity contribution in [1.82, 2.24) is 0 Å². The standard InChI is InChI=1S/C56H62N4O4/c1-45(61)57-51-35-23-31-47(41-51)27-19-21-29-49-33-25-37-53(43-49)59-55(63)39-17-15-13-11-9-7-5-3-4-6-8-10-12-14-16-18-40-56(64)60-54-38-26-34-50(44-54)30-22-20-28-48-32-24-36-52(42-48)58-46(2)62/h23-26,31-38,41-44H,3-18,39-40H2,1-2H3,(H,57,61)(H,58,62)(H,59,63)(H,60,64). The van der Waals surface area contributed by atoms with Crippen LogP contribution in [0.15, 0.2) is 97.1 Å². The van der Waals surface area contributed by atoms with Crippen molar-refractivity contribution < 1.29 is 19.2 Å². The molecule has 330 valence electrons. The smallest absolute Gasteiger partial charge is 0.224 e. The summed E-state index contributed by atoms with van der Waals surface area (Å²) in [7, 11) is 0. The molecule has 4 N–H and O–H groups in total. The average molecular weight is 855 g/mol. The second-order valence-corrected chi connectivity index (χ2v) is 15.9. The fourth-order valence-electron chi connectivity index (χ4n) is 7.01. The molecule has 4 aromatic rings. The van der Waals surface area contributed by atoms with Crippen molar-refractivity contribution in [2.75, 3.05) is 21.3 Å². The monoisotopic (exact) mass is 854 g/mol. The van der Waals surface area contributed by atoms with Crippen molar-refractivity contribution in [3.05, 3.63) is 119 Å². The molecule has 4 aromatic carbocycles. The van der Waals surface area contributed by atoms with E-state index in [0.29, 0.717) is 24.2 Å². The van der Waals surface area contributed by atoms with Crippen LogP contribution in [0.25, 0.3) is 0 Å². The fraction of sp³-hybridized carbons (Fsp3) is 0.357. The Morgan fingerprint density at radius 3 is 0.828 bits per heavy atom. The third-order valence-corrected chi connectivity index (χ3v) is 10.2. The highest BCUT2D eigenvalue weighted by Gasteiger charge is 2.05. The molecule has 0 aliphatic heterocycles. The zero-order valence-electron chi connectivity index (χ0n) is 37.6. The van der Waals surface area contributed by atoms with E-state index >= 15 is 0 Å². The van der Waals surface area contributed by atoms with E-state index in [9.17, 15) is 19.2 Å². The molecule has 8 nitrogen and oxygen atoms in total. The summed E-state index contributed by atoms with van der Waals surface area (Å²) in [5.41, 5.74) is 5.95. The summed E-state index contributed by atoms with van der Waals surface area (Å²) in [5.74, 6) is 23.3. The van der Waals surface area contributed by atoms with Gasteiger partial charge in [0, 0.05) is 71.7 Å². The third-order valence-electron chi connectivity index (χ3n) is 10.2. The number of hydrogen-bond donors (Lipinski definition) is 4. The Bertz CT molecular complexity index is 2240. The second-order valence-electron chi connectivity index (χ2n) is 15.9. The quantitative estimate of drug-likeness (QED) is 0.0439. The highest BCUT2D eigenvalue weighted by molar-refractivity contribution is 5.92. The van der Waals surface area contributed by atoms with Crippen molar-refractivity contribution in [2.45, 2.75) is 129 Å². The Labute approximate surface area is 381 Å². The molecule has 0 heterocycles. The number of amides is 4. The minimum Gasteiger partial charge on any atom is -0.326 e. The second kappa shape index (κ2) is 30.1. The SMILES string of the molecule is CC(=O)Nc1cccc(C#CC#Cc2cccc(NC(=O)CCCCCCCCCCCCCCCCCCC(=O)Nc3cccc(C#CC#Cc4cccc(NC(C)=O)c4)c3)c2)c1. The van der Waals surface area contributed by atoms with E-state index in [1.807, 2.05) is 84.9 Å². The molecule has 0 atom stereocenters.